The second-order valence-electron chi connectivity index (χ2n) is 6.41. The zero-order valence-corrected chi connectivity index (χ0v) is 17.1. The number of hydrogen-bond acceptors (Lipinski definition) is 6. The summed E-state index contributed by atoms with van der Waals surface area (Å²) < 4.78 is 19.2. The predicted octanol–water partition coefficient (Wildman–Crippen LogP) is 3.86. The molecule has 0 saturated carbocycles. The fraction of sp³-hybridized carbons (Fsp3) is 0.222. The summed E-state index contributed by atoms with van der Waals surface area (Å²) in [4.78, 5) is 10.6. The SMILES string of the molecule is CN1C(N)=N[C@](C)(c2sc(-c3cccc(-c4ncco4)c3)cc2Cl)CS1=O. The molecule has 4 rings (SSSR count). The number of nitrogens with zero attached hydrogens (tertiary/aromatic N) is 3. The summed E-state index contributed by atoms with van der Waals surface area (Å²) in [6.07, 6.45) is 3.16. The fourth-order valence-corrected chi connectivity index (χ4v) is 5.82. The Morgan fingerprint density at radius 1 is 1.37 bits per heavy atom. The lowest BCUT2D eigenvalue weighted by Gasteiger charge is -2.33. The fourth-order valence-electron chi connectivity index (χ4n) is 2.96. The highest BCUT2D eigenvalue weighted by Gasteiger charge is 2.38. The van der Waals surface area contributed by atoms with E-state index in [2.05, 4.69) is 9.98 Å². The molecule has 0 amide bonds. The third-order valence-electron chi connectivity index (χ3n) is 4.40. The molecule has 0 fully saturated rings. The van der Waals surface area contributed by atoms with E-state index in [9.17, 15) is 4.21 Å². The van der Waals surface area contributed by atoms with Crippen molar-refractivity contribution in [1.82, 2.24) is 9.29 Å². The molecule has 2 atom stereocenters. The van der Waals surface area contributed by atoms with Gasteiger partial charge in [0, 0.05) is 17.5 Å². The van der Waals surface area contributed by atoms with Crippen LogP contribution in [0.1, 0.15) is 11.8 Å². The molecule has 0 aliphatic carbocycles. The Balaban J connectivity index is 1.75. The van der Waals surface area contributed by atoms with Crippen molar-refractivity contribution < 1.29 is 8.63 Å². The van der Waals surface area contributed by atoms with Gasteiger partial charge < -0.3 is 10.2 Å². The van der Waals surface area contributed by atoms with Crippen molar-refractivity contribution in [2.24, 2.45) is 10.7 Å². The van der Waals surface area contributed by atoms with E-state index in [1.54, 1.807) is 19.5 Å². The topological polar surface area (TPSA) is 84.7 Å². The van der Waals surface area contributed by atoms with Crippen LogP contribution in [0.2, 0.25) is 5.02 Å². The lowest BCUT2D eigenvalue weighted by Crippen LogP contribution is -2.47. The highest BCUT2D eigenvalue weighted by Crippen LogP contribution is 2.44. The number of aromatic nitrogens is 1. The number of nitrogens with two attached hydrogens (primary N) is 1. The Kier molecular flexibility index (Phi) is 4.57. The van der Waals surface area contributed by atoms with Gasteiger partial charge in [-0.15, -0.1) is 11.3 Å². The Morgan fingerprint density at radius 3 is 2.85 bits per heavy atom. The second kappa shape index (κ2) is 6.78. The summed E-state index contributed by atoms with van der Waals surface area (Å²) in [6, 6.07) is 9.81. The first-order valence-corrected chi connectivity index (χ1v) is 10.6. The van der Waals surface area contributed by atoms with Gasteiger partial charge in [-0.2, -0.15) is 0 Å². The van der Waals surface area contributed by atoms with Gasteiger partial charge in [0.1, 0.15) is 22.8 Å². The van der Waals surface area contributed by atoms with Gasteiger partial charge in [0.2, 0.25) is 11.9 Å². The van der Waals surface area contributed by atoms with Crippen molar-refractivity contribution in [1.29, 1.82) is 0 Å². The molecule has 3 heterocycles. The quantitative estimate of drug-likeness (QED) is 0.697. The Morgan fingerprint density at radius 2 is 2.15 bits per heavy atom. The molecular weight excluding hydrogens is 404 g/mol. The van der Waals surface area contributed by atoms with Crippen LogP contribution in [0.15, 0.2) is 52.2 Å². The van der Waals surface area contributed by atoms with Crippen molar-refractivity contribution in [3.8, 4) is 21.9 Å². The van der Waals surface area contributed by atoms with Crippen LogP contribution in [-0.4, -0.2) is 32.3 Å². The van der Waals surface area contributed by atoms with E-state index in [1.165, 1.54) is 15.6 Å². The average molecular weight is 421 g/mol. The minimum absolute atomic E-state index is 0.249. The molecule has 0 radical (unpaired) electrons. The number of guanidine groups is 1. The lowest BCUT2D eigenvalue weighted by molar-refractivity contribution is 0.524. The lowest BCUT2D eigenvalue weighted by atomic mass is 10.0. The maximum atomic E-state index is 12.4. The molecule has 27 heavy (non-hydrogen) atoms. The van der Waals surface area contributed by atoms with E-state index in [0.29, 0.717) is 16.7 Å². The van der Waals surface area contributed by atoms with Crippen LogP contribution in [0, 0.1) is 0 Å². The molecule has 2 aromatic heterocycles. The second-order valence-corrected chi connectivity index (χ2v) is 9.35. The number of halogens is 1. The monoisotopic (exact) mass is 420 g/mol. The summed E-state index contributed by atoms with van der Waals surface area (Å²) in [7, 11) is 0.423. The number of aliphatic imine (C=N–C) groups is 1. The van der Waals surface area contributed by atoms with E-state index in [-0.39, 0.29) is 5.96 Å². The maximum Gasteiger partial charge on any atom is 0.225 e. The van der Waals surface area contributed by atoms with E-state index in [4.69, 9.17) is 21.8 Å². The number of rotatable bonds is 3. The molecule has 6 nitrogen and oxygen atoms in total. The Hall–Kier alpha value is -2.16. The van der Waals surface area contributed by atoms with Gasteiger partial charge in [-0.25, -0.2) is 14.2 Å². The van der Waals surface area contributed by atoms with Crippen molar-refractivity contribution in [3.05, 3.63) is 52.7 Å². The van der Waals surface area contributed by atoms with E-state index < -0.39 is 16.5 Å². The van der Waals surface area contributed by atoms with E-state index in [0.717, 1.165) is 20.9 Å². The van der Waals surface area contributed by atoms with Crippen LogP contribution in [0.3, 0.4) is 0 Å². The van der Waals surface area contributed by atoms with Crippen molar-refractivity contribution in [3.63, 3.8) is 0 Å². The smallest absolute Gasteiger partial charge is 0.225 e. The normalized spacial score (nSPS) is 22.7. The molecule has 1 aliphatic heterocycles. The van der Waals surface area contributed by atoms with Crippen LogP contribution in [-0.2, 0) is 16.5 Å². The summed E-state index contributed by atoms with van der Waals surface area (Å²) in [5.41, 5.74) is 7.12. The Labute approximate surface area is 168 Å². The highest BCUT2D eigenvalue weighted by atomic mass is 35.5. The maximum absolute atomic E-state index is 12.4. The largest absolute Gasteiger partial charge is 0.445 e. The van der Waals surface area contributed by atoms with Gasteiger partial charge in [-0.1, -0.05) is 23.7 Å². The van der Waals surface area contributed by atoms with Crippen molar-refractivity contribution in [2.75, 3.05) is 12.8 Å². The van der Waals surface area contributed by atoms with Crippen molar-refractivity contribution in [2.45, 2.75) is 12.5 Å². The van der Waals surface area contributed by atoms with Gasteiger partial charge in [-0.3, -0.25) is 4.31 Å². The summed E-state index contributed by atoms with van der Waals surface area (Å²) in [6.45, 7) is 1.91. The van der Waals surface area contributed by atoms with Gasteiger partial charge in [-0.05, 0) is 30.7 Å². The van der Waals surface area contributed by atoms with Gasteiger partial charge in [0.15, 0.2) is 0 Å². The molecule has 1 aromatic carbocycles. The van der Waals surface area contributed by atoms with E-state index >= 15 is 0 Å². The van der Waals surface area contributed by atoms with Crippen molar-refractivity contribution >= 4 is 39.9 Å². The molecule has 3 aromatic rings. The summed E-state index contributed by atoms with van der Waals surface area (Å²) in [5.74, 6) is 1.15. The summed E-state index contributed by atoms with van der Waals surface area (Å²) in [5, 5.41) is 0.595. The van der Waals surface area contributed by atoms with Crippen LogP contribution in [0.25, 0.3) is 21.9 Å². The molecule has 1 aliphatic rings. The third-order valence-corrected chi connectivity index (χ3v) is 7.85. The third kappa shape index (κ3) is 3.28. The molecule has 9 heteroatoms. The minimum Gasteiger partial charge on any atom is -0.445 e. The zero-order chi connectivity index (χ0) is 19.2. The molecule has 0 bridgehead atoms. The minimum atomic E-state index is -1.25. The average Bonchev–Trinajstić information content (AvgIpc) is 3.30. The molecule has 1 unspecified atom stereocenters. The number of benzene rings is 1. The van der Waals surface area contributed by atoms with Gasteiger partial charge >= 0.3 is 0 Å². The van der Waals surface area contributed by atoms with Crippen LogP contribution in [0.5, 0.6) is 0 Å². The Bertz CT molecular complexity index is 1050. The van der Waals surface area contributed by atoms with Crippen LogP contribution < -0.4 is 5.73 Å². The zero-order valence-electron chi connectivity index (χ0n) is 14.7. The van der Waals surface area contributed by atoms with Crippen LogP contribution >= 0.6 is 22.9 Å². The molecule has 0 spiro atoms. The molecule has 2 N–H and O–H groups in total. The highest BCUT2D eigenvalue weighted by molar-refractivity contribution is 7.83. The first-order chi connectivity index (χ1) is 12.9. The van der Waals surface area contributed by atoms with E-state index in [1.807, 2.05) is 37.3 Å². The van der Waals surface area contributed by atoms with Gasteiger partial charge in [0.05, 0.1) is 21.8 Å². The first kappa shape index (κ1) is 18.2. The molecule has 0 saturated heterocycles. The number of hydrogen-bond donors (Lipinski definition) is 1. The van der Waals surface area contributed by atoms with Crippen LogP contribution in [0.4, 0.5) is 0 Å². The first-order valence-electron chi connectivity index (χ1n) is 8.15. The predicted molar refractivity (Wildman–Crippen MR) is 110 cm³/mol. The summed E-state index contributed by atoms with van der Waals surface area (Å²) >= 11 is 8.08. The standard InChI is InChI=1S/C18H17ClN4O2S2/c1-18(10-27(24)23(2)17(20)22-18)15-13(19)9-14(26-15)11-4-3-5-12(8-11)16-21-6-7-25-16/h3-9H,10H2,1-2H3,(H2,20,22)/t18-,27?/m0/s1. The molecular formula is C18H17ClN4O2S2. The number of oxazole rings is 1. The van der Waals surface area contributed by atoms with Gasteiger partial charge in [0.25, 0.3) is 0 Å². The molecule has 140 valence electrons. The number of thiophene rings is 1.